The molecule has 6 heteroatoms. The largest absolute Gasteiger partial charge is 0.394 e. The molecule has 1 N–H and O–H groups in total. The van der Waals surface area contributed by atoms with Crippen LogP contribution in [0.3, 0.4) is 0 Å². The van der Waals surface area contributed by atoms with Crippen LogP contribution in [0, 0.1) is 0 Å². The first kappa shape index (κ1) is 14.7. The highest BCUT2D eigenvalue weighted by molar-refractivity contribution is 5.92. The van der Waals surface area contributed by atoms with Crippen LogP contribution in [0.25, 0.3) is 0 Å². The number of aromatic nitrogens is 2. The van der Waals surface area contributed by atoms with Crippen LogP contribution in [0.4, 0.5) is 0 Å². The number of aliphatic hydroxyl groups is 1. The SMILES string of the molecule is CCCCn1nc(C(=O)N2CCC[C@@H]2CO)ccc1=O. The zero-order valence-corrected chi connectivity index (χ0v) is 11.8. The third-order valence-corrected chi connectivity index (χ3v) is 3.66. The van der Waals surface area contributed by atoms with Crippen molar-refractivity contribution in [3.8, 4) is 0 Å². The Morgan fingerprint density at radius 3 is 3.00 bits per heavy atom. The molecule has 1 atom stereocenters. The lowest BCUT2D eigenvalue weighted by Gasteiger charge is -2.22. The van der Waals surface area contributed by atoms with Gasteiger partial charge in [-0.25, -0.2) is 4.68 Å². The van der Waals surface area contributed by atoms with Crippen LogP contribution in [-0.2, 0) is 6.54 Å². The van der Waals surface area contributed by atoms with Gasteiger partial charge in [0.25, 0.3) is 11.5 Å². The highest BCUT2D eigenvalue weighted by Crippen LogP contribution is 2.18. The van der Waals surface area contributed by atoms with Crippen LogP contribution in [0.2, 0.25) is 0 Å². The summed E-state index contributed by atoms with van der Waals surface area (Å²) in [6.45, 7) is 3.18. The average molecular weight is 279 g/mol. The van der Waals surface area contributed by atoms with E-state index >= 15 is 0 Å². The summed E-state index contributed by atoms with van der Waals surface area (Å²) >= 11 is 0. The molecule has 2 rings (SSSR count). The van der Waals surface area contributed by atoms with Crippen molar-refractivity contribution in [2.45, 2.75) is 45.2 Å². The van der Waals surface area contributed by atoms with Crippen molar-refractivity contribution in [1.29, 1.82) is 0 Å². The number of aryl methyl sites for hydroxylation is 1. The molecule has 20 heavy (non-hydrogen) atoms. The van der Waals surface area contributed by atoms with E-state index < -0.39 is 0 Å². The third kappa shape index (κ3) is 3.07. The molecule has 1 saturated heterocycles. The topological polar surface area (TPSA) is 75.4 Å². The van der Waals surface area contributed by atoms with E-state index in [1.807, 2.05) is 6.92 Å². The molecule has 1 fully saturated rings. The van der Waals surface area contributed by atoms with Gasteiger partial charge in [-0.1, -0.05) is 13.3 Å². The van der Waals surface area contributed by atoms with Gasteiger partial charge < -0.3 is 10.0 Å². The number of carbonyl (C=O) groups is 1. The normalized spacial score (nSPS) is 18.5. The van der Waals surface area contributed by atoms with Crippen LogP contribution in [0.5, 0.6) is 0 Å². The fraction of sp³-hybridized carbons (Fsp3) is 0.643. The van der Waals surface area contributed by atoms with Crippen molar-refractivity contribution in [2.24, 2.45) is 0 Å². The van der Waals surface area contributed by atoms with Crippen LogP contribution in [0.1, 0.15) is 43.1 Å². The summed E-state index contributed by atoms with van der Waals surface area (Å²) in [5, 5.41) is 13.4. The zero-order chi connectivity index (χ0) is 14.5. The first-order chi connectivity index (χ1) is 9.67. The maximum atomic E-state index is 12.4. The molecule has 1 aromatic heterocycles. The molecule has 0 radical (unpaired) electrons. The smallest absolute Gasteiger partial charge is 0.274 e. The Morgan fingerprint density at radius 2 is 2.30 bits per heavy atom. The average Bonchev–Trinajstić information content (AvgIpc) is 2.94. The Labute approximate surface area is 118 Å². The minimum absolute atomic E-state index is 0.0266. The molecule has 2 heterocycles. The minimum Gasteiger partial charge on any atom is -0.394 e. The number of hydrogen-bond acceptors (Lipinski definition) is 4. The first-order valence-corrected chi connectivity index (χ1v) is 7.17. The standard InChI is InChI=1S/C14H21N3O3/c1-2-3-9-17-13(19)7-6-12(15-17)14(20)16-8-4-5-11(16)10-18/h6-7,11,18H,2-5,8-10H2,1H3/t11-/m1/s1. The molecule has 0 spiro atoms. The molecule has 1 aliphatic rings. The van der Waals surface area contributed by atoms with E-state index in [0.29, 0.717) is 13.1 Å². The summed E-state index contributed by atoms with van der Waals surface area (Å²) < 4.78 is 1.35. The van der Waals surface area contributed by atoms with Gasteiger partial charge in [-0.2, -0.15) is 5.10 Å². The van der Waals surface area contributed by atoms with Crippen molar-refractivity contribution in [1.82, 2.24) is 14.7 Å². The Kier molecular flexibility index (Phi) is 4.89. The lowest BCUT2D eigenvalue weighted by molar-refractivity contribution is 0.0669. The maximum absolute atomic E-state index is 12.4. The van der Waals surface area contributed by atoms with Gasteiger partial charge in [0.1, 0.15) is 5.69 Å². The van der Waals surface area contributed by atoms with Gasteiger partial charge in [-0.05, 0) is 25.3 Å². The van der Waals surface area contributed by atoms with Crippen molar-refractivity contribution < 1.29 is 9.90 Å². The predicted molar refractivity (Wildman–Crippen MR) is 74.5 cm³/mol. The Morgan fingerprint density at radius 1 is 1.50 bits per heavy atom. The molecule has 110 valence electrons. The third-order valence-electron chi connectivity index (χ3n) is 3.66. The summed E-state index contributed by atoms with van der Waals surface area (Å²) in [5.41, 5.74) is 0.0937. The molecule has 0 aromatic carbocycles. The molecule has 1 amide bonds. The highest BCUT2D eigenvalue weighted by atomic mass is 16.3. The number of unbranched alkanes of at least 4 members (excludes halogenated alkanes) is 1. The lowest BCUT2D eigenvalue weighted by atomic mass is 10.2. The van der Waals surface area contributed by atoms with E-state index in [-0.39, 0.29) is 29.8 Å². The second-order valence-corrected chi connectivity index (χ2v) is 5.11. The van der Waals surface area contributed by atoms with Crippen LogP contribution in [0.15, 0.2) is 16.9 Å². The molecule has 0 aliphatic carbocycles. The second-order valence-electron chi connectivity index (χ2n) is 5.11. The fourth-order valence-electron chi connectivity index (χ4n) is 2.47. The predicted octanol–water partition coefficient (Wildman–Crippen LogP) is 0.640. The summed E-state index contributed by atoms with van der Waals surface area (Å²) in [7, 11) is 0. The Hall–Kier alpha value is -1.69. The number of nitrogens with zero attached hydrogens (tertiary/aromatic N) is 3. The fourth-order valence-corrected chi connectivity index (χ4v) is 2.47. The summed E-state index contributed by atoms with van der Waals surface area (Å²) in [6.07, 6.45) is 3.53. The van der Waals surface area contributed by atoms with Gasteiger partial charge >= 0.3 is 0 Å². The molecule has 0 saturated carbocycles. The molecule has 1 aromatic rings. The van der Waals surface area contributed by atoms with Gasteiger partial charge in [-0.15, -0.1) is 0 Å². The number of amides is 1. The number of carbonyl (C=O) groups excluding carboxylic acids is 1. The molecule has 1 aliphatic heterocycles. The Bertz CT molecular complexity index is 527. The summed E-state index contributed by atoms with van der Waals surface area (Å²) in [4.78, 5) is 25.7. The van der Waals surface area contributed by atoms with Gasteiger partial charge in [0.2, 0.25) is 0 Å². The number of hydrogen-bond donors (Lipinski definition) is 1. The van der Waals surface area contributed by atoms with Crippen LogP contribution < -0.4 is 5.56 Å². The van der Waals surface area contributed by atoms with E-state index in [1.165, 1.54) is 16.8 Å². The zero-order valence-electron chi connectivity index (χ0n) is 11.8. The van der Waals surface area contributed by atoms with Gasteiger partial charge in [-0.3, -0.25) is 9.59 Å². The maximum Gasteiger partial charge on any atom is 0.274 e. The van der Waals surface area contributed by atoms with Gasteiger partial charge in [0.15, 0.2) is 0 Å². The van der Waals surface area contributed by atoms with E-state index in [4.69, 9.17) is 0 Å². The lowest BCUT2D eigenvalue weighted by Crippen LogP contribution is -2.39. The first-order valence-electron chi connectivity index (χ1n) is 7.17. The van der Waals surface area contributed by atoms with Crippen LogP contribution in [-0.4, -0.2) is 44.9 Å². The quantitative estimate of drug-likeness (QED) is 0.858. The number of rotatable bonds is 5. The Balaban J connectivity index is 2.19. The van der Waals surface area contributed by atoms with E-state index in [1.54, 1.807) is 4.90 Å². The molecule has 6 nitrogen and oxygen atoms in total. The second kappa shape index (κ2) is 6.65. The molecular formula is C14H21N3O3. The summed E-state index contributed by atoms with van der Waals surface area (Å²) in [6, 6.07) is 2.74. The molecule has 0 unspecified atom stereocenters. The van der Waals surface area contributed by atoms with Crippen LogP contribution >= 0.6 is 0 Å². The minimum atomic E-state index is -0.202. The van der Waals surface area contributed by atoms with Gasteiger partial charge in [0, 0.05) is 19.2 Å². The van der Waals surface area contributed by atoms with Crippen molar-refractivity contribution in [3.05, 3.63) is 28.2 Å². The number of likely N-dealkylation sites (tertiary alicyclic amines) is 1. The van der Waals surface area contributed by atoms with Crippen molar-refractivity contribution in [2.75, 3.05) is 13.2 Å². The monoisotopic (exact) mass is 279 g/mol. The van der Waals surface area contributed by atoms with E-state index in [9.17, 15) is 14.7 Å². The highest BCUT2D eigenvalue weighted by Gasteiger charge is 2.29. The molecular weight excluding hydrogens is 258 g/mol. The van der Waals surface area contributed by atoms with E-state index in [2.05, 4.69) is 5.10 Å². The van der Waals surface area contributed by atoms with E-state index in [0.717, 1.165) is 25.7 Å². The van der Waals surface area contributed by atoms with Crippen molar-refractivity contribution >= 4 is 5.91 Å². The summed E-state index contributed by atoms with van der Waals surface area (Å²) in [5.74, 6) is -0.202. The van der Waals surface area contributed by atoms with Crippen molar-refractivity contribution in [3.63, 3.8) is 0 Å². The van der Waals surface area contributed by atoms with Gasteiger partial charge in [0.05, 0.1) is 12.6 Å². The molecule has 0 bridgehead atoms. The number of aliphatic hydroxyl groups excluding tert-OH is 1.